The Hall–Kier alpha value is -2.18. The average Bonchev–Trinajstić information content (AvgIpc) is 2.67. The minimum absolute atomic E-state index is 0.240. The summed E-state index contributed by atoms with van der Waals surface area (Å²) in [5.41, 5.74) is 0.306. The van der Waals surface area contributed by atoms with Gasteiger partial charge in [-0.15, -0.1) is 0 Å². The number of aromatic nitrogens is 2. The van der Waals surface area contributed by atoms with Crippen molar-refractivity contribution in [2.45, 2.75) is 37.7 Å². The summed E-state index contributed by atoms with van der Waals surface area (Å²) in [5, 5.41) is 13.8. The molecule has 2 N–H and O–H groups in total. The quantitative estimate of drug-likeness (QED) is 0.839. The first-order valence-corrected chi connectivity index (χ1v) is 9.17. The fraction of sp³-hybridized carbons (Fsp3) is 0.421. The molecule has 1 aromatic carbocycles. The van der Waals surface area contributed by atoms with Gasteiger partial charge in [-0.2, -0.15) is 0 Å². The van der Waals surface area contributed by atoms with Crippen molar-refractivity contribution in [1.82, 2.24) is 15.3 Å². The highest BCUT2D eigenvalue weighted by Gasteiger charge is 2.29. The van der Waals surface area contributed by atoms with Crippen LogP contribution in [0.25, 0.3) is 0 Å². The zero-order chi connectivity index (χ0) is 18.6. The van der Waals surface area contributed by atoms with E-state index in [0.717, 1.165) is 37.8 Å². The van der Waals surface area contributed by atoms with Gasteiger partial charge >= 0.3 is 0 Å². The third-order valence-electron chi connectivity index (χ3n) is 4.80. The number of anilines is 2. The summed E-state index contributed by atoms with van der Waals surface area (Å²) in [7, 11) is 1.82. The molecule has 0 aliphatic heterocycles. The Bertz CT molecular complexity index is 763. The maximum atomic E-state index is 12.6. The van der Waals surface area contributed by atoms with Gasteiger partial charge in [0.15, 0.2) is 0 Å². The Morgan fingerprint density at radius 1 is 1.27 bits per heavy atom. The average molecular weight is 375 g/mol. The van der Waals surface area contributed by atoms with Gasteiger partial charge in [0.2, 0.25) is 5.95 Å². The van der Waals surface area contributed by atoms with Crippen LogP contribution in [-0.2, 0) is 0 Å². The van der Waals surface area contributed by atoms with Gasteiger partial charge in [-0.3, -0.25) is 4.79 Å². The minimum atomic E-state index is -0.813. The van der Waals surface area contributed by atoms with Crippen molar-refractivity contribution >= 4 is 29.1 Å². The Labute approximate surface area is 158 Å². The molecule has 1 amide bonds. The van der Waals surface area contributed by atoms with Crippen LogP contribution in [0.15, 0.2) is 36.7 Å². The lowest BCUT2D eigenvalue weighted by Crippen LogP contribution is -2.44. The van der Waals surface area contributed by atoms with Crippen LogP contribution in [0.3, 0.4) is 0 Å². The number of hydrogen-bond donors (Lipinski definition) is 2. The number of amides is 1. The van der Waals surface area contributed by atoms with E-state index < -0.39 is 5.60 Å². The molecule has 138 valence electrons. The van der Waals surface area contributed by atoms with Crippen LogP contribution in [0.2, 0.25) is 5.02 Å². The number of carbonyl (C=O) groups excluding carboxylic acids is 1. The number of aliphatic hydroxyl groups is 1. The molecule has 0 saturated heterocycles. The first kappa shape index (κ1) is 18.6. The first-order valence-electron chi connectivity index (χ1n) is 8.79. The predicted molar refractivity (Wildman–Crippen MR) is 102 cm³/mol. The number of rotatable bonds is 5. The van der Waals surface area contributed by atoms with Gasteiger partial charge < -0.3 is 15.3 Å². The number of carbonyl (C=O) groups is 1. The highest BCUT2D eigenvalue weighted by atomic mass is 35.5. The molecule has 1 aliphatic rings. The SMILES string of the molecule is CN(c1ccc(Cl)c(C(=O)NCC2(O)CCCCC2)c1)c1ncccn1. The van der Waals surface area contributed by atoms with Gasteiger partial charge in [0, 0.05) is 31.7 Å². The first-order chi connectivity index (χ1) is 12.5. The second-order valence-electron chi connectivity index (χ2n) is 6.74. The maximum Gasteiger partial charge on any atom is 0.252 e. The van der Waals surface area contributed by atoms with E-state index in [1.165, 1.54) is 0 Å². The summed E-state index contributed by atoms with van der Waals surface area (Å²) in [5.74, 6) is 0.232. The number of hydrogen-bond acceptors (Lipinski definition) is 5. The van der Waals surface area contributed by atoms with Crippen LogP contribution in [-0.4, -0.2) is 40.2 Å². The van der Waals surface area contributed by atoms with Crippen LogP contribution in [0, 0.1) is 0 Å². The topological polar surface area (TPSA) is 78.4 Å². The molecule has 1 saturated carbocycles. The molecule has 7 heteroatoms. The Morgan fingerprint density at radius 2 is 1.96 bits per heavy atom. The Kier molecular flexibility index (Phi) is 5.74. The minimum Gasteiger partial charge on any atom is -0.388 e. The van der Waals surface area contributed by atoms with E-state index in [-0.39, 0.29) is 12.5 Å². The molecule has 3 rings (SSSR count). The lowest BCUT2D eigenvalue weighted by atomic mass is 9.85. The zero-order valence-corrected chi connectivity index (χ0v) is 15.5. The second kappa shape index (κ2) is 8.01. The third-order valence-corrected chi connectivity index (χ3v) is 5.13. The van der Waals surface area contributed by atoms with Gasteiger partial charge in [0.25, 0.3) is 5.91 Å². The van der Waals surface area contributed by atoms with Crippen molar-refractivity contribution < 1.29 is 9.90 Å². The van der Waals surface area contributed by atoms with E-state index in [9.17, 15) is 9.90 Å². The van der Waals surface area contributed by atoms with E-state index in [2.05, 4.69) is 15.3 Å². The lowest BCUT2D eigenvalue weighted by molar-refractivity contribution is 0.00526. The van der Waals surface area contributed by atoms with Crippen molar-refractivity contribution in [2.24, 2.45) is 0 Å². The van der Waals surface area contributed by atoms with Gasteiger partial charge in [-0.05, 0) is 37.1 Å². The molecule has 0 atom stereocenters. The standard InChI is InChI=1S/C19H23ClN4O2/c1-24(18-21-10-5-11-22-18)14-6-7-16(20)15(12-14)17(25)23-13-19(26)8-3-2-4-9-19/h5-7,10-12,26H,2-4,8-9,13H2,1H3,(H,23,25). The van der Waals surface area contributed by atoms with Crippen LogP contribution in [0.1, 0.15) is 42.5 Å². The maximum absolute atomic E-state index is 12.6. The fourth-order valence-electron chi connectivity index (χ4n) is 3.20. The molecule has 1 aromatic heterocycles. The normalized spacial score (nSPS) is 16.1. The van der Waals surface area contributed by atoms with E-state index in [4.69, 9.17) is 11.6 Å². The van der Waals surface area contributed by atoms with Crippen LogP contribution in [0.5, 0.6) is 0 Å². The smallest absolute Gasteiger partial charge is 0.252 e. The summed E-state index contributed by atoms with van der Waals surface area (Å²) in [4.78, 5) is 22.8. The van der Waals surface area contributed by atoms with Gasteiger partial charge in [-0.1, -0.05) is 30.9 Å². The van der Waals surface area contributed by atoms with Crippen LogP contribution in [0.4, 0.5) is 11.6 Å². The summed E-state index contributed by atoms with van der Waals surface area (Å²) < 4.78 is 0. The molecule has 0 spiro atoms. The largest absolute Gasteiger partial charge is 0.388 e. The molecule has 6 nitrogen and oxygen atoms in total. The fourth-order valence-corrected chi connectivity index (χ4v) is 3.41. The third kappa shape index (κ3) is 4.31. The van der Waals surface area contributed by atoms with Crippen molar-refractivity contribution in [1.29, 1.82) is 0 Å². The number of nitrogens with zero attached hydrogens (tertiary/aromatic N) is 3. The summed E-state index contributed by atoms with van der Waals surface area (Å²) in [6.07, 6.45) is 7.87. The summed E-state index contributed by atoms with van der Waals surface area (Å²) in [6, 6.07) is 6.94. The molecule has 26 heavy (non-hydrogen) atoms. The van der Waals surface area contributed by atoms with Crippen molar-refractivity contribution in [3.8, 4) is 0 Å². The van der Waals surface area contributed by atoms with Gasteiger partial charge in [-0.25, -0.2) is 9.97 Å². The molecular weight excluding hydrogens is 352 g/mol. The number of nitrogens with one attached hydrogen (secondary N) is 1. The lowest BCUT2D eigenvalue weighted by Gasteiger charge is -2.32. The van der Waals surface area contributed by atoms with E-state index in [1.54, 1.807) is 35.5 Å². The van der Waals surface area contributed by atoms with Crippen molar-refractivity contribution in [3.05, 3.63) is 47.2 Å². The number of benzene rings is 1. The van der Waals surface area contributed by atoms with E-state index >= 15 is 0 Å². The van der Waals surface area contributed by atoms with Crippen molar-refractivity contribution in [2.75, 3.05) is 18.5 Å². The molecule has 0 bridgehead atoms. The molecular formula is C19H23ClN4O2. The highest BCUT2D eigenvalue weighted by molar-refractivity contribution is 6.34. The van der Waals surface area contributed by atoms with Gasteiger partial charge in [0.05, 0.1) is 16.2 Å². The Morgan fingerprint density at radius 3 is 2.65 bits per heavy atom. The summed E-state index contributed by atoms with van der Waals surface area (Å²) in [6.45, 7) is 0.240. The molecule has 2 aromatic rings. The van der Waals surface area contributed by atoms with E-state index in [1.807, 2.05) is 13.1 Å². The number of halogens is 1. The molecule has 0 unspecified atom stereocenters. The van der Waals surface area contributed by atoms with Crippen LogP contribution >= 0.6 is 11.6 Å². The molecule has 1 heterocycles. The van der Waals surface area contributed by atoms with Crippen molar-refractivity contribution in [3.63, 3.8) is 0 Å². The van der Waals surface area contributed by atoms with Gasteiger partial charge in [0.1, 0.15) is 0 Å². The van der Waals surface area contributed by atoms with Crippen LogP contribution < -0.4 is 10.2 Å². The monoisotopic (exact) mass is 374 g/mol. The highest BCUT2D eigenvalue weighted by Crippen LogP contribution is 2.28. The molecule has 1 aliphatic carbocycles. The second-order valence-corrected chi connectivity index (χ2v) is 7.15. The zero-order valence-electron chi connectivity index (χ0n) is 14.8. The Balaban J connectivity index is 1.73. The predicted octanol–water partition coefficient (Wildman–Crippen LogP) is 3.32. The molecule has 1 fully saturated rings. The summed E-state index contributed by atoms with van der Waals surface area (Å²) >= 11 is 6.22. The molecule has 0 radical (unpaired) electrons. The van der Waals surface area contributed by atoms with E-state index in [0.29, 0.717) is 16.5 Å².